The molecule has 3 N–H and O–H groups in total. The van der Waals surface area contributed by atoms with Crippen LogP contribution in [0.25, 0.3) is 22.3 Å². The molecule has 0 amide bonds. The Morgan fingerprint density at radius 1 is 0.958 bits per heavy atom. The average Bonchev–Trinajstić information content (AvgIpc) is 2.58. The van der Waals surface area contributed by atoms with E-state index < -0.39 is 22.7 Å². The first-order chi connectivity index (χ1) is 11.5. The Hall–Kier alpha value is -3.35. The molecule has 2 aromatic carbocycles. The lowest BCUT2D eigenvalue weighted by atomic mass is 10.1. The molecule has 0 aliphatic rings. The summed E-state index contributed by atoms with van der Waals surface area (Å²) < 4.78 is 16.0. The second kappa shape index (κ2) is 5.69. The summed E-state index contributed by atoms with van der Waals surface area (Å²) in [7, 11) is 2.80. The lowest BCUT2D eigenvalue weighted by Crippen LogP contribution is -2.07. The van der Waals surface area contributed by atoms with Gasteiger partial charge in [-0.05, 0) is 24.3 Å². The molecule has 0 fully saturated rings. The first-order valence-corrected chi connectivity index (χ1v) is 6.90. The number of fused-ring (bicyclic) bond motifs is 1. The zero-order valence-corrected chi connectivity index (χ0v) is 12.9. The van der Waals surface area contributed by atoms with Crippen LogP contribution in [0.4, 0.5) is 0 Å². The molecule has 124 valence electrons. The third kappa shape index (κ3) is 2.36. The van der Waals surface area contributed by atoms with E-state index >= 15 is 0 Å². The van der Waals surface area contributed by atoms with E-state index in [2.05, 4.69) is 0 Å². The van der Waals surface area contributed by atoms with Gasteiger partial charge in [0.2, 0.25) is 11.2 Å². The van der Waals surface area contributed by atoms with Gasteiger partial charge in [-0.1, -0.05) is 0 Å². The monoisotopic (exact) mass is 330 g/mol. The van der Waals surface area contributed by atoms with Crippen LogP contribution in [0.15, 0.2) is 39.5 Å². The van der Waals surface area contributed by atoms with Gasteiger partial charge in [0.15, 0.2) is 23.0 Å². The predicted octanol–water partition coefficient (Wildman–Crippen LogP) is 2.59. The van der Waals surface area contributed by atoms with Gasteiger partial charge in [-0.15, -0.1) is 0 Å². The molecule has 24 heavy (non-hydrogen) atoms. The lowest BCUT2D eigenvalue weighted by Gasteiger charge is -2.11. The van der Waals surface area contributed by atoms with Gasteiger partial charge in [0.1, 0.15) is 11.3 Å². The Bertz CT molecular complexity index is 965. The van der Waals surface area contributed by atoms with Gasteiger partial charge in [-0.2, -0.15) is 0 Å². The smallest absolute Gasteiger partial charge is 0.235 e. The van der Waals surface area contributed by atoms with E-state index in [-0.39, 0.29) is 22.7 Å². The van der Waals surface area contributed by atoms with Crippen molar-refractivity contribution in [2.24, 2.45) is 0 Å². The Labute approximate surface area is 135 Å². The first-order valence-electron chi connectivity index (χ1n) is 6.90. The Morgan fingerprint density at radius 3 is 2.21 bits per heavy atom. The molecule has 7 nitrogen and oxygen atoms in total. The second-order valence-electron chi connectivity index (χ2n) is 5.02. The molecule has 0 aliphatic carbocycles. The largest absolute Gasteiger partial charge is 0.504 e. The maximum atomic E-state index is 12.6. The molecule has 1 heterocycles. The summed E-state index contributed by atoms with van der Waals surface area (Å²) in [6, 6.07) is 7.03. The van der Waals surface area contributed by atoms with Crippen LogP contribution in [-0.2, 0) is 0 Å². The van der Waals surface area contributed by atoms with Crippen LogP contribution in [0.5, 0.6) is 28.7 Å². The molecule has 0 atom stereocenters. The number of phenolic OH excluding ortho intramolecular Hbond substituents is 3. The van der Waals surface area contributed by atoms with Gasteiger partial charge in [0.25, 0.3) is 0 Å². The van der Waals surface area contributed by atoms with Crippen molar-refractivity contribution in [2.45, 2.75) is 0 Å². The SMILES string of the molecule is COc1ccc2c(=O)c(OC)c(-c3cc(O)c(O)c(O)c3)oc2c1. The fourth-order valence-electron chi connectivity index (χ4n) is 2.39. The highest BCUT2D eigenvalue weighted by Gasteiger charge is 2.20. The fraction of sp³-hybridized carbons (Fsp3) is 0.118. The Morgan fingerprint density at radius 2 is 1.62 bits per heavy atom. The minimum atomic E-state index is -0.664. The quantitative estimate of drug-likeness (QED) is 0.633. The zero-order chi connectivity index (χ0) is 17.4. The molecule has 0 aliphatic heterocycles. The van der Waals surface area contributed by atoms with E-state index in [1.54, 1.807) is 18.2 Å². The molecule has 0 saturated carbocycles. The standard InChI is InChI=1S/C17H14O7/c1-22-9-3-4-10-13(7-9)24-16(17(23-2)14(10)20)8-5-11(18)15(21)12(19)6-8/h3-7,18-19,21H,1-2H3. The van der Waals surface area contributed by atoms with E-state index in [9.17, 15) is 20.1 Å². The molecule has 0 unspecified atom stereocenters. The van der Waals surface area contributed by atoms with Crippen molar-refractivity contribution in [1.29, 1.82) is 0 Å². The van der Waals surface area contributed by atoms with Crippen LogP contribution in [-0.4, -0.2) is 29.5 Å². The number of hydrogen-bond donors (Lipinski definition) is 3. The van der Waals surface area contributed by atoms with Gasteiger partial charge in [0.05, 0.1) is 19.6 Å². The van der Waals surface area contributed by atoms with Crippen molar-refractivity contribution in [3.05, 3.63) is 40.6 Å². The van der Waals surface area contributed by atoms with Crippen LogP contribution < -0.4 is 14.9 Å². The minimum Gasteiger partial charge on any atom is -0.504 e. The Kier molecular flexibility index (Phi) is 3.69. The number of aromatic hydroxyl groups is 3. The maximum absolute atomic E-state index is 12.6. The number of methoxy groups -OCH3 is 2. The van der Waals surface area contributed by atoms with Gasteiger partial charge in [0, 0.05) is 11.6 Å². The van der Waals surface area contributed by atoms with Crippen LogP contribution in [0, 0.1) is 0 Å². The summed E-state index contributed by atoms with van der Waals surface area (Å²) in [5, 5.41) is 29.1. The van der Waals surface area contributed by atoms with Crippen LogP contribution >= 0.6 is 0 Å². The predicted molar refractivity (Wildman–Crippen MR) is 86.0 cm³/mol. The number of hydrogen-bond acceptors (Lipinski definition) is 7. The highest BCUT2D eigenvalue weighted by atomic mass is 16.5. The molecule has 0 saturated heterocycles. The van der Waals surface area contributed by atoms with Gasteiger partial charge in [-0.25, -0.2) is 0 Å². The molecular weight excluding hydrogens is 316 g/mol. The average molecular weight is 330 g/mol. The summed E-state index contributed by atoms with van der Waals surface area (Å²) >= 11 is 0. The van der Waals surface area contributed by atoms with E-state index in [1.807, 2.05) is 0 Å². The Balaban J connectivity index is 2.36. The van der Waals surface area contributed by atoms with Crippen molar-refractivity contribution in [1.82, 2.24) is 0 Å². The van der Waals surface area contributed by atoms with Gasteiger partial charge >= 0.3 is 0 Å². The van der Waals surface area contributed by atoms with Gasteiger partial charge < -0.3 is 29.2 Å². The molecule has 3 rings (SSSR count). The summed E-state index contributed by atoms with van der Waals surface area (Å²) in [5.74, 6) is -1.35. The van der Waals surface area contributed by atoms with Crippen LogP contribution in [0.2, 0.25) is 0 Å². The molecule has 0 spiro atoms. The first kappa shape index (κ1) is 15.5. The van der Waals surface area contributed by atoms with E-state index in [1.165, 1.54) is 14.2 Å². The molecule has 1 aromatic heterocycles. The normalized spacial score (nSPS) is 10.8. The van der Waals surface area contributed by atoms with Crippen LogP contribution in [0.3, 0.4) is 0 Å². The zero-order valence-electron chi connectivity index (χ0n) is 12.9. The number of ether oxygens (including phenoxy) is 2. The molecule has 3 aromatic rings. The third-order valence-corrected chi connectivity index (χ3v) is 3.59. The molecule has 0 bridgehead atoms. The number of phenols is 3. The highest BCUT2D eigenvalue weighted by molar-refractivity contribution is 5.83. The lowest BCUT2D eigenvalue weighted by molar-refractivity contribution is 0.367. The molecular formula is C17H14O7. The van der Waals surface area contributed by atoms with Gasteiger partial charge in [-0.3, -0.25) is 4.79 Å². The summed E-state index contributed by atoms with van der Waals surface area (Å²) in [6.45, 7) is 0. The summed E-state index contributed by atoms with van der Waals surface area (Å²) in [5.41, 5.74) is 0.00660. The van der Waals surface area contributed by atoms with E-state index in [0.717, 1.165) is 12.1 Å². The molecule has 7 heteroatoms. The van der Waals surface area contributed by atoms with Crippen molar-refractivity contribution in [2.75, 3.05) is 14.2 Å². The van der Waals surface area contributed by atoms with Crippen molar-refractivity contribution >= 4 is 11.0 Å². The fourth-order valence-corrected chi connectivity index (χ4v) is 2.39. The topological polar surface area (TPSA) is 109 Å². The molecule has 0 radical (unpaired) electrons. The third-order valence-electron chi connectivity index (χ3n) is 3.59. The number of rotatable bonds is 3. The van der Waals surface area contributed by atoms with E-state index in [4.69, 9.17) is 13.9 Å². The minimum absolute atomic E-state index is 0.00820. The summed E-state index contributed by atoms with van der Waals surface area (Å²) in [6.07, 6.45) is 0. The summed E-state index contributed by atoms with van der Waals surface area (Å²) in [4.78, 5) is 12.6. The number of benzene rings is 2. The van der Waals surface area contributed by atoms with Crippen molar-refractivity contribution < 1.29 is 29.2 Å². The highest BCUT2D eigenvalue weighted by Crippen LogP contribution is 2.41. The van der Waals surface area contributed by atoms with Crippen LogP contribution in [0.1, 0.15) is 0 Å². The van der Waals surface area contributed by atoms with E-state index in [0.29, 0.717) is 11.1 Å². The second-order valence-corrected chi connectivity index (χ2v) is 5.02. The van der Waals surface area contributed by atoms with Crippen molar-refractivity contribution in [3.8, 4) is 40.1 Å². The van der Waals surface area contributed by atoms with Crippen molar-refractivity contribution in [3.63, 3.8) is 0 Å². The maximum Gasteiger partial charge on any atom is 0.235 e.